The molecule has 1 atom stereocenters. The van der Waals surface area contributed by atoms with E-state index in [1.807, 2.05) is 0 Å². The van der Waals surface area contributed by atoms with Gasteiger partial charge in [0.2, 0.25) is 5.95 Å². The molecule has 4 aromatic rings. The smallest absolute Gasteiger partial charge is 0.283 e. The van der Waals surface area contributed by atoms with Gasteiger partial charge in [-0.25, -0.2) is 15.0 Å². The summed E-state index contributed by atoms with van der Waals surface area (Å²) in [5.74, 6) is -1.07. The zero-order valence-corrected chi connectivity index (χ0v) is 17.7. The fourth-order valence-electron chi connectivity index (χ4n) is 4.48. The lowest BCUT2D eigenvalue weighted by atomic mass is 9.79. The first-order valence-electron chi connectivity index (χ1n) is 10.6. The highest BCUT2D eigenvalue weighted by Gasteiger charge is 2.48. The number of ether oxygens (including phenoxy) is 2. The SMILES string of the molecule is NC1=NCC[C@]2(O1)c1cc(-c3cccnc3F)ccc1Oc1c2cc(-c2cccnc2)nc1F. The Morgan fingerprint density at radius 1 is 0.941 bits per heavy atom. The minimum atomic E-state index is -1.20. The molecular formula is C25H17F2N5O2. The summed E-state index contributed by atoms with van der Waals surface area (Å²) >= 11 is 0. The van der Waals surface area contributed by atoms with Gasteiger partial charge in [-0.15, -0.1) is 0 Å². The number of pyridine rings is 3. The van der Waals surface area contributed by atoms with Crippen LogP contribution in [0.25, 0.3) is 22.4 Å². The quantitative estimate of drug-likeness (QED) is 0.443. The number of nitrogens with zero attached hydrogens (tertiary/aromatic N) is 4. The van der Waals surface area contributed by atoms with Crippen LogP contribution in [0.4, 0.5) is 8.78 Å². The molecule has 1 spiro atoms. The molecule has 0 aliphatic carbocycles. The van der Waals surface area contributed by atoms with Gasteiger partial charge in [-0.2, -0.15) is 8.78 Å². The van der Waals surface area contributed by atoms with E-state index in [1.54, 1.807) is 60.9 Å². The van der Waals surface area contributed by atoms with Crippen LogP contribution in [-0.2, 0) is 10.3 Å². The van der Waals surface area contributed by atoms with Crippen LogP contribution in [-0.4, -0.2) is 27.5 Å². The van der Waals surface area contributed by atoms with Crippen molar-refractivity contribution < 1.29 is 18.3 Å². The molecule has 0 amide bonds. The van der Waals surface area contributed by atoms with E-state index in [4.69, 9.17) is 15.2 Å². The van der Waals surface area contributed by atoms with Crippen LogP contribution in [0.2, 0.25) is 0 Å². The lowest BCUT2D eigenvalue weighted by Gasteiger charge is -2.41. The summed E-state index contributed by atoms with van der Waals surface area (Å²) in [7, 11) is 0. The largest absolute Gasteiger partial charge is 0.452 e. The number of halogens is 2. The molecule has 2 N–H and O–H groups in total. The van der Waals surface area contributed by atoms with Gasteiger partial charge in [0.25, 0.3) is 12.0 Å². The summed E-state index contributed by atoms with van der Waals surface area (Å²) in [6, 6.07) is 13.6. The number of fused-ring (bicyclic) bond motifs is 4. The third-order valence-corrected chi connectivity index (χ3v) is 6.03. The fourth-order valence-corrected chi connectivity index (χ4v) is 4.48. The zero-order valence-electron chi connectivity index (χ0n) is 17.7. The molecule has 3 aromatic heterocycles. The van der Waals surface area contributed by atoms with Crippen molar-refractivity contribution in [1.82, 2.24) is 15.0 Å². The Hall–Kier alpha value is -4.40. The lowest BCUT2D eigenvalue weighted by Crippen LogP contribution is -2.42. The Morgan fingerprint density at radius 3 is 2.62 bits per heavy atom. The number of amidine groups is 1. The molecule has 0 saturated carbocycles. The third kappa shape index (κ3) is 3.08. The predicted octanol–water partition coefficient (Wildman–Crippen LogP) is 4.57. The number of hydrogen-bond acceptors (Lipinski definition) is 7. The van der Waals surface area contributed by atoms with E-state index in [-0.39, 0.29) is 11.8 Å². The standard InChI is InChI=1S/C25H17F2N5O2/c26-22-16(4-2-9-30-22)14-5-6-20-17(11-14)25(7-10-31-24(28)34-25)18-12-19(15-3-1-8-29-13-15)32-23(27)21(18)33-20/h1-6,8-9,11-13H,7,10H2,(H2,28,31)/t25-/m0/s1. The number of rotatable bonds is 2. The predicted molar refractivity (Wildman–Crippen MR) is 120 cm³/mol. The molecule has 0 saturated heterocycles. The van der Waals surface area contributed by atoms with Crippen molar-refractivity contribution in [2.24, 2.45) is 10.7 Å². The molecule has 34 heavy (non-hydrogen) atoms. The molecule has 6 rings (SSSR count). The maximum atomic E-state index is 15.3. The van der Waals surface area contributed by atoms with Crippen LogP contribution in [0.3, 0.4) is 0 Å². The fraction of sp³-hybridized carbons (Fsp3) is 0.120. The van der Waals surface area contributed by atoms with Gasteiger partial charge in [0.15, 0.2) is 11.4 Å². The molecule has 5 heterocycles. The lowest BCUT2D eigenvalue weighted by molar-refractivity contribution is 0.0625. The summed E-state index contributed by atoms with van der Waals surface area (Å²) in [6.45, 7) is 0.350. The molecular weight excluding hydrogens is 440 g/mol. The molecule has 0 fully saturated rings. The Labute approximate surface area is 193 Å². The summed E-state index contributed by atoms with van der Waals surface area (Å²) in [5, 5.41) is 0. The van der Waals surface area contributed by atoms with Gasteiger partial charge in [0.05, 0.1) is 5.69 Å². The number of aliphatic imine (C=N–C) groups is 1. The van der Waals surface area contributed by atoms with Crippen molar-refractivity contribution in [3.05, 3.63) is 90.1 Å². The van der Waals surface area contributed by atoms with Gasteiger partial charge >= 0.3 is 0 Å². The van der Waals surface area contributed by atoms with Crippen LogP contribution < -0.4 is 10.5 Å². The van der Waals surface area contributed by atoms with Gasteiger partial charge in [0, 0.05) is 53.8 Å². The highest BCUT2D eigenvalue weighted by Crippen LogP contribution is 2.53. The van der Waals surface area contributed by atoms with E-state index in [1.165, 1.54) is 6.20 Å². The number of nitrogens with two attached hydrogens (primary N) is 1. The van der Waals surface area contributed by atoms with E-state index in [0.29, 0.717) is 52.2 Å². The molecule has 7 nitrogen and oxygen atoms in total. The first kappa shape index (κ1) is 20.2. The Balaban J connectivity index is 1.59. The van der Waals surface area contributed by atoms with E-state index < -0.39 is 17.5 Å². The molecule has 168 valence electrons. The first-order valence-corrected chi connectivity index (χ1v) is 10.6. The van der Waals surface area contributed by atoms with Gasteiger partial charge in [-0.1, -0.05) is 6.07 Å². The Morgan fingerprint density at radius 2 is 1.82 bits per heavy atom. The third-order valence-electron chi connectivity index (χ3n) is 6.03. The van der Waals surface area contributed by atoms with Crippen molar-refractivity contribution in [1.29, 1.82) is 0 Å². The molecule has 1 aromatic carbocycles. The van der Waals surface area contributed by atoms with E-state index in [2.05, 4.69) is 19.9 Å². The van der Waals surface area contributed by atoms with Crippen LogP contribution in [0.1, 0.15) is 17.5 Å². The maximum Gasteiger partial charge on any atom is 0.283 e. The topological polar surface area (TPSA) is 95.5 Å². The second kappa shape index (κ2) is 7.58. The van der Waals surface area contributed by atoms with Crippen molar-refractivity contribution in [2.45, 2.75) is 12.0 Å². The number of aromatic nitrogens is 3. The van der Waals surface area contributed by atoms with Crippen LogP contribution >= 0.6 is 0 Å². The molecule has 0 unspecified atom stereocenters. The number of hydrogen-bond donors (Lipinski definition) is 1. The Bertz CT molecular complexity index is 1460. The monoisotopic (exact) mass is 457 g/mol. The minimum absolute atomic E-state index is 0.0249. The summed E-state index contributed by atoms with van der Waals surface area (Å²) < 4.78 is 41.9. The van der Waals surface area contributed by atoms with Gasteiger partial charge in [-0.05, 0) is 48.0 Å². The summed E-state index contributed by atoms with van der Waals surface area (Å²) in [4.78, 5) is 16.1. The highest BCUT2D eigenvalue weighted by atomic mass is 19.1. The summed E-state index contributed by atoms with van der Waals surface area (Å²) in [5.41, 5.74) is 7.71. The second-order valence-corrected chi connectivity index (χ2v) is 7.97. The number of benzene rings is 1. The van der Waals surface area contributed by atoms with Gasteiger partial charge < -0.3 is 15.2 Å². The maximum absolute atomic E-state index is 15.3. The van der Waals surface area contributed by atoms with Crippen molar-refractivity contribution in [3.8, 4) is 33.9 Å². The molecule has 2 aliphatic rings. The normalized spacial score (nSPS) is 18.4. The summed E-state index contributed by atoms with van der Waals surface area (Å²) in [6.07, 6.45) is 4.97. The average Bonchev–Trinajstić information content (AvgIpc) is 2.86. The van der Waals surface area contributed by atoms with Gasteiger partial charge in [0.1, 0.15) is 5.75 Å². The highest BCUT2D eigenvalue weighted by molar-refractivity contribution is 5.76. The van der Waals surface area contributed by atoms with Crippen LogP contribution in [0, 0.1) is 11.9 Å². The van der Waals surface area contributed by atoms with E-state index >= 15 is 4.39 Å². The average molecular weight is 457 g/mol. The van der Waals surface area contributed by atoms with Crippen LogP contribution in [0.5, 0.6) is 11.5 Å². The molecule has 9 heteroatoms. The molecule has 2 aliphatic heterocycles. The zero-order chi connectivity index (χ0) is 23.3. The van der Waals surface area contributed by atoms with Crippen LogP contribution in [0.15, 0.2) is 72.1 Å². The van der Waals surface area contributed by atoms with Crippen molar-refractivity contribution >= 4 is 6.02 Å². The van der Waals surface area contributed by atoms with E-state index in [0.717, 1.165) is 0 Å². The first-order chi connectivity index (χ1) is 16.5. The Kier molecular flexibility index (Phi) is 4.51. The molecule has 0 bridgehead atoms. The van der Waals surface area contributed by atoms with Gasteiger partial charge in [-0.3, -0.25) is 4.98 Å². The molecule has 0 radical (unpaired) electrons. The second-order valence-electron chi connectivity index (χ2n) is 7.97. The van der Waals surface area contributed by atoms with Crippen molar-refractivity contribution in [3.63, 3.8) is 0 Å². The van der Waals surface area contributed by atoms with E-state index in [9.17, 15) is 4.39 Å². The van der Waals surface area contributed by atoms with Crippen molar-refractivity contribution in [2.75, 3.05) is 6.54 Å². The minimum Gasteiger partial charge on any atom is -0.452 e.